The van der Waals surface area contributed by atoms with E-state index in [4.69, 9.17) is 10.5 Å². The normalized spacial score (nSPS) is 14.2. The van der Waals surface area contributed by atoms with E-state index in [9.17, 15) is 4.21 Å². The second-order valence-corrected chi connectivity index (χ2v) is 4.92. The quantitative estimate of drug-likeness (QED) is 0.771. The van der Waals surface area contributed by atoms with Crippen molar-refractivity contribution >= 4 is 22.6 Å². The van der Waals surface area contributed by atoms with Crippen molar-refractivity contribution in [1.29, 1.82) is 0 Å². The van der Waals surface area contributed by atoms with Gasteiger partial charge in [0.25, 0.3) is 0 Å². The third-order valence-electron chi connectivity index (χ3n) is 1.81. The maximum absolute atomic E-state index is 11.0. The fraction of sp³-hybridized carbons (Fsp3) is 0.556. The van der Waals surface area contributed by atoms with E-state index in [2.05, 4.69) is 15.3 Å². The number of nitrogen functional groups attached to an aromatic ring is 1. The highest BCUT2D eigenvalue weighted by molar-refractivity contribution is 7.84. The molecule has 1 aromatic rings. The van der Waals surface area contributed by atoms with Crippen LogP contribution in [0.1, 0.15) is 6.92 Å². The van der Waals surface area contributed by atoms with Crippen LogP contribution in [0.2, 0.25) is 0 Å². The number of anilines is 2. The fourth-order valence-electron chi connectivity index (χ4n) is 1.27. The highest BCUT2D eigenvalue weighted by Crippen LogP contribution is 2.14. The van der Waals surface area contributed by atoms with Crippen LogP contribution in [0.4, 0.5) is 11.8 Å². The molecule has 2 unspecified atom stereocenters. The Kier molecular flexibility index (Phi) is 4.48. The summed E-state index contributed by atoms with van der Waals surface area (Å²) in [5.74, 6) is 1.67. The highest BCUT2D eigenvalue weighted by atomic mass is 32.2. The SMILES string of the molecule is COc1cc(NC(C)CS(C)=O)nc(N)n1. The number of nitrogens with two attached hydrogens (primary N) is 1. The van der Waals surface area contributed by atoms with Gasteiger partial charge in [-0.05, 0) is 6.92 Å². The van der Waals surface area contributed by atoms with Crippen molar-refractivity contribution in [3.63, 3.8) is 0 Å². The van der Waals surface area contributed by atoms with Crippen LogP contribution in [-0.2, 0) is 10.8 Å². The number of ether oxygens (including phenoxy) is 1. The van der Waals surface area contributed by atoms with Crippen molar-refractivity contribution in [2.75, 3.05) is 30.2 Å². The molecule has 0 bridgehead atoms. The summed E-state index contributed by atoms with van der Waals surface area (Å²) in [6, 6.07) is 1.69. The predicted molar refractivity (Wildman–Crippen MR) is 65.0 cm³/mol. The van der Waals surface area contributed by atoms with Crippen molar-refractivity contribution in [3.8, 4) is 5.88 Å². The van der Waals surface area contributed by atoms with Crippen LogP contribution >= 0.6 is 0 Å². The summed E-state index contributed by atoms with van der Waals surface area (Å²) in [5.41, 5.74) is 5.51. The number of methoxy groups -OCH3 is 1. The Balaban J connectivity index is 2.72. The average molecular weight is 244 g/mol. The van der Waals surface area contributed by atoms with Crippen LogP contribution in [-0.4, -0.2) is 39.3 Å². The van der Waals surface area contributed by atoms with Crippen LogP contribution < -0.4 is 15.8 Å². The number of aromatic nitrogens is 2. The van der Waals surface area contributed by atoms with Gasteiger partial charge in [0.05, 0.1) is 7.11 Å². The molecule has 0 saturated carbocycles. The molecule has 0 radical (unpaired) electrons. The average Bonchev–Trinajstić information content (AvgIpc) is 2.14. The molecule has 0 spiro atoms. The third kappa shape index (κ3) is 4.01. The molecule has 0 aliphatic carbocycles. The molecule has 0 aliphatic rings. The maximum Gasteiger partial charge on any atom is 0.225 e. The van der Waals surface area contributed by atoms with Gasteiger partial charge in [-0.2, -0.15) is 9.97 Å². The van der Waals surface area contributed by atoms with Gasteiger partial charge in [0, 0.05) is 34.9 Å². The molecule has 0 amide bonds. The minimum atomic E-state index is -0.850. The van der Waals surface area contributed by atoms with Crippen molar-refractivity contribution < 1.29 is 8.95 Å². The van der Waals surface area contributed by atoms with Crippen LogP contribution in [0, 0.1) is 0 Å². The van der Waals surface area contributed by atoms with Gasteiger partial charge < -0.3 is 15.8 Å². The smallest absolute Gasteiger partial charge is 0.225 e. The van der Waals surface area contributed by atoms with Crippen molar-refractivity contribution in [1.82, 2.24) is 9.97 Å². The summed E-state index contributed by atoms with van der Waals surface area (Å²) in [6.45, 7) is 1.92. The molecule has 16 heavy (non-hydrogen) atoms. The Morgan fingerprint density at radius 2 is 2.31 bits per heavy atom. The molecule has 1 rings (SSSR count). The van der Waals surface area contributed by atoms with Gasteiger partial charge in [0.15, 0.2) is 0 Å². The molecule has 1 heterocycles. The first kappa shape index (κ1) is 12.7. The largest absolute Gasteiger partial charge is 0.481 e. The van der Waals surface area contributed by atoms with Gasteiger partial charge in [-0.3, -0.25) is 4.21 Å². The Bertz CT molecular complexity index is 386. The predicted octanol–water partition coefficient (Wildman–Crippen LogP) is 0.246. The Hall–Kier alpha value is -1.37. The van der Waals surface area contributed by atoms with E-state index < -0.39 is 10.8 Å². The molecule has 6 nitrogen and oxygen atoms in total. The van der Waals surface area contributed by atoms with Crippen LogP contribution in [0.25, 0.3) is 0 Å². The monoisotopic (exact) mass is 244 g/mol. The van der Waals surface area contributed by atoms with E-state index in [1.165, 1.54) is 7.11 Å². The molecule has 0 saturated heterocycles. The molecule has 0 aromatic carbocycles. The first-order valence-corrected chi connectivity index (χ1v) is 6.49. The molecule has 0 aliphatic heterocycles. The van der Waals surface area contributed by atoms with Crippen molar-refractivity contribution in [2.45, 2.75) is 13.0 Å². The standard InChI is InChI=1S/C9H16N4O2S/c1-6(5-16(3)14)11-7-4-8(15-2)13-9(10)12-7/h4,6H,5H2,1-3H3,(H3,10,11,12,13). The first-order valence-electron chi connectivity index (χ1n) is 4.76. The number of hydrogen-bond donors (Lipinski definition) is 2. The highest BCUT2D eigenvalue weighted by Gasteiger charge is 2.07. The molecular formula is C9H16N4O2S. The minimum Gasteiger partial charge on any atom is -0.481 e. The maximum atomic E-state index is 11.0. The summed E-state index contributed by atoms with van der Waals surface area (Å²) >= 11 is 0. The molecule has 1 aromatic heterocycles. The number of rotatable bonds is 5. The molecule has 90 valence electrons. The van der Waals surface area contributed by atoms with Crippen LogP contribution in [0.15, 0.2) is 6.07 Å². The van der Waals surface area contributed by atoms with Gasteiger partial charge >= 0.3 is 0 Å². The van der Waals surface area contributed by atoms with E-state index >= 15 is 0 Å². The lowest BCUT2D eigenvalue weighted by atomic mass is 10.4. The lowest BCUT2D eigenvalue weighted by Crippen LogP contribution is -2.23. The summed E-state index contributed by atoms with van der Waals surface area (Å²) in [7, 11) is 0.660. The van der Waals surface area contributed by atoms with E-state index in [0.29, 0.717) is 17.5 Å². The molecule has 7 heteroatoms. The lowest BCUT2D eigenvalue weighted by molar-refractivity contribution is 0.398. The van der Waals surface area contributed by atoms with Gasteiger partial charge in [-0.1, -0.05) is 0 Å². The zero-order chi connectivity index (χ0) is 12.1. The van der Waals surface area contributed by atoms with Crippen molar-refractivity contribution in [2.24, 2.45) is 0 Å². The lowest BCUT2D eigenvalue weighted by Gasteiger charge is -2.13. The van der Waals surface area contributed by atoms with Gasteiger partial charge in [0.2, 0.25) is 11.8 Å². The Labute approximate surface area is 97.1 Å². The van der Waals surface area contributed by atoms with E-state index in [-0.39, 0.29) is 12.0 Å². The first-order chi connectivity index (χ1) is 7.51. The third-order valence-corrected chi connectivity index (χ3v) is 2.78. The van der Waals surface area contributed by atoms with Gasteiger partial charge in [-0.15, -0.1) is 0 Å². The zero-order valence-electron chi connectivity index (χ0n) is 9.56. The summed E-state index contributed by atoms with van der Waals surface area (Å²) in [6.07, 6.45) is 1.66. The Morgan fingerprint density at radius 3 is 2.88 bits per heavy atom. The van der Waals surface area contributed by atoms with E-state index in [1.807, 2.05) is 6.92 Å². The number of hydrogen-bond acceptors (Lipinski definition) is 6. The van der Waals surface area contributed by atoms with Crippen LogP contribution in [0.5, 0.6) is 5.88 Å². The molecular weight excluding hydrogens is 228 g/mol. The molecule has 2 atom stereocenters. The van der Waals surface area contributed by atoms with Crippen LogP contribution in [0.3, 0.4) is 0 Å². The Morgan fingerprint density at radius 1 is 1.62 bits per heavy atom. The topological polar surface area (TPSA) is 90.1 Å². The second kappa shape index (κ2) is 5.64. The fourth-order valence-corrected chi connectivity index (χ4v) is 2.05. The van der Waals surface area contributed by atoms with Crippen molar-refractivity contribution in [3.05, 3.63) is 6.07 Å². The summed E-state index contributed by atoms with van der Waals surface area (Å²) in [4.78, 5) is 7.87. The number of nitrogens with zero attached hydrogens (tertiary/aromatic N) is 2. The second-order valence-electron chi connectivity index (χ2n) is 3.44. The van der Waals surface area contributed by atoms with E-state index in [0.717, 1.165) is 0 Å². The minimum absolute atomic E-state index is 0.0461. The van der Waals surface area contributed by atoms with E-state index in [1.54, 1.807) is 12.3 Å². The summed E-state index contributed by atoms with van der Waals surface area (Å²) in [5, 5.41) is 3.08. The molecule has 3 N–H and O–H groups in total. The summed E-state index contributed by atoms with van der Waals surface area (Å²) < 4.78 is 16.0. The zero-order valence-corrected chi connectivity index (χ0v) is 10.4. The van der Waals surface area contributed by atoms with Gasteiger partial charge in [-0.25, -0.2) is 0 Å². The van der Waals surface area contributed by atoms with Gasteiger partial charge in [0.1, 0.15) is 5.82 Å². The number of nitrogens with one attached hydrogen (secondary N) is 1. The molecule has 0 fully saturated rings.